The lowest BCUT2D eigenvalue weighted by Gasteiger charge is -2.19. The van der Waals surface area contributed by atoms with Gasteiger partial charge in [-0.05, 0) is 25.8 Å². The normalized spacial score (nSPS) is 30.5. The van der Waals surface area contributed by atoms with E-state index in [-0.39, 0.29) is 17.1 Å². The summed E-state index contributed by atoms with van der Waals surface area (Å²) in [6.45, 7) is 4.18. The number of hydrogen-bond acceptors (Lipinski definition) is 1. The molecular formula is C12H15ClO. The molecule has 76 valence electrons. The number of ether oxygens (including phenoxy) is 1. The maximum Gasteiger partial charge on any atom is 0.0996 e. The molecule has 1 heterocycles. The van der Waals surface area contributed by atoms with Gasteiger partial charge in [0.05, 0.1) is 17.1 Å². The largest absolute Gasteiger partial charge is 0.366 e. The first-order chi connectivity index (χ1) is 6.58. The van der Waals surface area contributed by atoms with Gasteiger partial charge in [0, 0.05) is 0 Å². The molecule has 2 heteroatoms. The van der Waals surface area contributed by atoms with Crippen LogP contribution in [0.15, 0.2) is 30.3 Å². The van der Waals surface area contributed by atoms with Crippen molar-refractivity contribution in [3.63, 3.8) is 0 Å². The quantitative estimate of drug-likeness (QED) is 0.645. The lowest BCUT2D eigenvalue weighted by Crippen LogP contribution is -2.17. The molecule has 0 radical (unpaired) electrons. The SMILES string of the molecule is CC1(C)C[C@H](Cl)[C@@H](c2ccccc2)O1. The highest BCUT2D eigenvalue weighted by Crippen LogP contribution is 2.42. The van der Waals surface area contributed by atoms with Gasteiger partial charge in [-0.2, -0.15) is 0 Å². The Kier molecular flexibility index (Phi) is 2.54. The fraction of sp³-hybridized carbons (Fsp3) is 0.500. The molecule has 0 bridgehead atoms. The van der Waals surface area contributed by atoms with Crippen molar-refractivity contribution < 1.29 is 4.74 Å². The summed E-state index contributed by atoms with van der Waals surface area (Å²) < 4.78 is 5.92. The lowest BCUT2D eigenvalue weighted by atomic mass is 10.0. The summed E-state index contributed by atoms with van der Waals surface area (Å²) in [6, 6.07) is 10.2. The van der Waals surface area contributed by atoms with Crippen LogP contribution in [0.1, 0.15) is 31.9 Å². The molecule has 0 unspecified atom stereocenters. The van der Waals surface area contributed by atoms with Gasteiger partial charge in [-0.1, -0.05) is 30.3 Å². The van der Waals surface area contributed by atoms with Gasteiger partial charge in [0.2, 0.25) is 0 Å². The highest BCUT2D eigenvalue weighted by atomic mass is 35.5. The molecule has 0 amide bonds. The third-order valence-electron chi connectivity index (χ3n) is 2.59. The third kappa shape index (κ3) is 1.94. The van der Waals surface area contributed by atoms with Crippen molar-refractivity contribution in [2.45, 2.75) is 37.4 Å². The monoisotopic (exact) mass is 210 g/mol. The molecule has 0 aliphatic carbocycles. The second kappa shape index (κ2) is 3.56. The van der Waals surface area contributed by atoms with E-state index >= 15 is 0 Å². The molecule has 1 aromatic rings. The highest BCUT2D eigenvalue weighted by molar-refractivity contribution is 6.21. The second-order valence-electron chi connectivity index (χ2n) is 4.43. The number of alkyl halides is 1. The fourth-order valence-electron chi connectivity index (χ4n) is 1.96. The molecule has 14 heavy (non-hydrogen) atoms. The molecule has 1 aliphatic heterocycles. The van der Waals surface area contributed by atoms with E-state index < -0.39 is 0 Å². The molecule has 1 nitrogen and oxygen atoms in total. The fourth-order valence-corrected chi connectivity index (χ4v) is 2.53. The van der Waals surface area contributed by atoms with E-state index in [1.165, 1.54) is 5.56 Å². The van der Waals surface area contributed by atoms with E-state index in [4.69, 9.17) is 16.3 Å². The van der Waals surface area contributed by atoms with Crippen molar-refractivity contribution in [3.05, 3.63) is 35.9 Å². The Morgan fingerprint density at radius 3 is 2.43 bits per heavy atom. The maximum atomic E-state index is 6.27. The van der Waals surface area contributed by atoms with Gasteiger partial charge in [0.25, 0.3) is 0 Å². The van der Waals surface area contributed by atoms with Crippen LogP contribution in [0.3, 0.4) is 0 Å². The molecule has 1 saturated heterocycles. The van der Waals surface area contributed by atoms with E-state index in [0.29, 0.717) is 0 Å². The zero-order valence-corrected chi connectivity index (χ0v) is 9.29. The first-order valence-electron chi connectivity index (χ1n) is 4.95. The van der Waals surface area contributed by atoms with Crippen LogP contribution in [0.25, 0.3) is 0 Å². The lowest BCUT2D eigenvalue weighted by molar-refractivity contribution is -0.0159. The van der Waals surface area contributed by atoms with E-state index in [0.717, 1.165) is 6.42 Å². The van der Waals surface area contributed by atoms with Gasteiger partial charge >= 0.3 is 0 Å². The highest BCUT2D eigenvalue weighted by Gasteiger charge is 2.39. The minimum absolute atomic E-state index is 0.0490. The van der Waals surface area contributed by atoms with Crippen LogP contribution in [0.5, 0.6) is 0 Å². The molecule has 1 aliphatic rings. The summed E-state index contributed by atoms with van der Waals surface area (Å²) in [7, 11) is 0. The zero-order valence-electron chi connectivity index (χ0n) is 8.53. The topological polar surface area (TPSA) is 9.23 Å². The number of halogens is 1. The van der Waals surface area contributed by atoms with Crippen molar-refractivity contribution in [1.29, 1.82) is 0 Å². The average Bonchev–Trinajstić information content (AvgIpc) is 2.41. The summed E-state index contributed by atoms with van der Waals surface area (Å²) >= 11 is 6.27. The Labute approximate surface area is 90.0 Å². The summed E-state index contributed by atoms with van der Waals surface area (Å²) in [5.41, 5.74) is 1.09. The summed E-state index contributed by atoms with van der Waals surface area (Å²) in [5, 5.41) is 0.0902. The van der Waals surface area contributed by atoms with Crippen LogP contribution < -0.4 is 0 Å². The Morgan fingerprint density at radius 1 is 1.29 bits per heavy atom. The molecule has 0 aromatic heterocycles. The molecule has 0 spiro atoms. The molecule has 1 aromatic carbocycles. The van der Waals surface area contributed by atoms with Crippen LogP contribution >= 0.6 is 11.6 Å². The Balaban J connectivity index is 2.21. The van der Waals surface area contributed by atoms with Gasteiger partial charge in [-0.3, -0.25) is 0 Å². The standard InChI is InChI=1S/C12H15ClO/c1-12(2)8-10(13)11(14-12)9-6-4-3-5-7-9/h3-7,10-11H,8H2,1-2H3/t10-,11+/m0/s1. The first kappa shape index (κ1) is 10.0. The van der Waals surface area contributed by atoms with Crippen molar-refractivity contribution in [3.8, 4) is 0 Å². The molecule has 2 atom stereocenters. The predicted molar refractivity (Wildman–Crippen MR) is 58.6 cm³/mol. The van der Waals surface area contributed by atoms with Crippen LogP contribution in [-0.4, -0.2) is 11.0 Å². The summed E-state index contributed by atoms with van der Waals surface area (Å²) in [6.07, 6.45) is 0.960. The number of hydrogen-bond donors (Lipinski definition) is 0. The van der Waals surface area contributed by atoms with Crippen molar-refractivity contribution >= 4 is 11.6 Å². The van der Waals surface area contributed by atoms with Gasteiger partial charge in [-0.25, -0.2) is 0 Å². The molecule has 1 fully saturated rings. The predicted octanol–water partition coefficient (Wildman–Crippen LogP) is 3.53. The summed E-state index contributed by atoms with van der Waals surface area (Å²) in [5.74, 6) is 0. The minimum atomic E-state index is -0.0904. The van der Waals surface area contributed by atoms with E-state index in [1.807, 2.05) is 18.2 Å². The van der Waals surface area contributed by atoms with Gasteiger partial charge in [-0.15, -0.1) is 11.6 Å². The van der Waals surface area contributed by atoms with E-state index in [2.05, 4.69) is 26.0 Å². The van der Waals surface area contributed by atoms with Gasteiger partial charge in [0.15, 0.2) is 0 Å². The smallest absolute Gasteiger partial charge is 0.0996 e. The Morgan fingerprint density at radius 2 is 1.93 bits per heavy atom. The van der Waals surface area contributed by atoms with Crippen molar-refractivity contribution in [2.75, 3.05) is 0 Å². The van der Waals surface area contributed by atoms with Crippen LogP contribution in [-0.2, 0) is 4.74 Å². The van der Waals surface area contributed by atoms with Crippen molar-refractivity contribution in [2.24, 2.45) is 0 Å². The molecule has 0 saturated carbocycles. The van der Waals surface area contributed by atoms with Crippen LogP contribution in [0.4, 0.5) is 0 Å². The summed E-state index contributed by atoms with van der Waals surface area (Å²) in [4.78, 5) is 0. The minimum Gasteiger partial charge on any atom is -0.366 e. The average molecular weight is 211 g/mol. The first-order valence-corrected chi connectivity index (χ1v) is 5.39. The molecule has 0 N–H and O–H groups in total. The van der Waals surface area contributed by atoms with Gasteiger partial charge < -0.3 is 4.74 Å². The Hall–Kier alpha value is -0.530. The third-order valence-corrected chi connectivity index (χ3v) is 2.97. The van der Waals surface area contributed by atoms with Crippen LogP contribution in [0, 0.1) is 0 Å². The van der Waals surface area contributed by atoms with Crippen molar-refractivity contribution in [1.82, 2.24) is 0 Å². The number of rotatable bonds is 1. The van der Waals surface area contributed by atoms with E-state index in [1.54, 1.807) is 0 Å². The Bertz CT molecular complexity index is 307. The maximum absolute atomic E-state index is 6.27. The second-order valence-corrected chi connectivity index (χ2v) is 4.99. The molecule has 2 rings (SSSR count). The van der Waals surface area contributed by atoms with Gasteiger partial charge in [0.1, 0.15) is 0 Å². The van der Waals surface area contributed by atoms with E-state index in [9.17, 15) is 0 Å². The number of benzene rings is 1. The zero-order chi connectivity index (χ0) is 10.2. The van der Waals surface area contributed by atoms with Crippen LogP contribution in [0.2, 0.25) is 0 Å². The molecular weight excluding hydrogens is 196 g/mol.